The zero-order valence-electron chi connectivity index (χ0n) is 10.1. The number of carbonyl (C=O) groups is 1. The van der Waals surface area contributed by atoms with Gasteiger partial charge in [-0.2, -0.15) is 5.10 Å². The van der Waals surface area contributed by atoms with Gasteiger partial charge in [-0.1, -0.05) is 20.8 Å². The highest BCUT2D eigenvalue weighted by Gasteiger charge is 2.21. The average molecular weight is 209 g/mol. The molecule has 0 saturated carbocycles. The molecule has 1 aromatic heterocycles. The number of nitrogens with one attached hydrogen (secondary N) is 1. The highest BCUT2D eigenvalue weighted by Crippen LogP contribution is 2.21. The minimum atomic E-state index is -0.0613. The first-order valence-electron chi connectivity index (χ1n) is 5.30. The molecule has 1 amide bonds. The van der Waals surface area contributed by atoms with Gasteiger partial charge < -0.3 is 5.32 Å². The van der Waals surface area contributed by atoms with E-state index >= 15 is 0 Å². The van der Waals surface area contributed by atoms with Gasteiger partial charge in [0.2, 0.25) is 0 Å². The molecule has 0 fully saturated rings. The number of carbonyl (C=O) groups excluding carboxylic acids is 1. The van der Waals surface area contributed by atoms with Crippen LogP contribution in [0.2, 0.25) is 0 Å². The monoisotopic (exact) mass is 209 g/mol. The molecule has 1 rings (SSSR count). The third kappa shape index (κ3) is 2.03. The fourth-order valence-electron chi connectivity index (χ4n) is 1.80. The average Bonchev–Trinajstić information content (AvgIpc) is 2.54. The van der Waals surface area contributed by atoms with E-state index in [-0.39, 0.29) is 5.91 Å². The third-order valence-electron chi connectivity index (χ3n) is 2.52. The predicted octanol–water partition coefficient (Wildman–Crippen LogP) is 1.47. The molecule has 0 aromatic carbocycles. The minimum Gasteiger partial charge on any atom is -0.354 e. The van der Waals surface area contributed by atoms with Crippen LogP contribution >= 0.6 is 0 Å². The van der Waals surface area contributed by atoms with Crippen LogP contribution in [0.3, 0.4) is 0 Å². The summed E-state index contributed by atoms with van der Waals surface area (Å²) in [4.78, 5) is 11.7. The lowest BCUT2D eigenvalue weighted by Crippen LogP contribution is -2.22. The van der Waals surface area contributed by atoms with Gasteiger partial charge in [0.15, 0.2) is 0 Å². The largest absolute Gasteiger partial charge is 0.354 e. The molecular weight excluding hydrogens is 190 g/mol. The Morgan fingerprint density at radius 1 is 1.53 bits per heavy atom. The summed E-state index contributed by atoms with van der Waals surface area (Å²) in [5.41, 5.74) is 2.77. The molecular formula is C11H19N3O. The Labute approximate surface area is 90.7 Å². The van der Waals surface area contributed by atoms with E-state index in [9.17, 15) is 4.79 Å². The van der Waals surface area contributed by atoms with E-state index in [1.165, 1.54) is 0 Å². The van der Waals surface area contributed by atoms with Crippen molar-refractivity contribution in [3.05, 3.63) is 17.0 Å². The molecule has 4 heteroatoms. The topological polar surface area (TPSA) is 46.9 Å². The van der Waals surface area contributed by atoms with E-state index < -0.39 is 0 Å². The normalized spacial score (nSPS) is 10.8. The van der Waals surface area contributed by atoms with Gasteiger partial charge in [-0.25, -0.2) is 0 Å². The molecule has 0 aliphatic heterocycles. The van der Waals surface area contributed by atoms with Crippen LogP contribution in [0.25, 0.3) is 0 Å². The number of hydrogen-bond donors (Lipinski definition) is 1. The summed E-state index contributed by atoms with van der Waals surface area (Å²) in [7, 11) is 3.46. The van der Waals surface area contributed by atoms with Crippen molar-refractivity contribution in [2.45, 2.75) is 33.1 Å². The lowest BCUT2D eigenvalue weighted by atomic mass is 10.0. The van der Waals surface area contributed by atoms with Crippen molar-refractivity contribution in [1.29, 1.82) is 0 Å². The lowest BCUT2D eigenvalue weighted by molar-refractivity contribution is 0.0953. The molecule has 0 aliphatic rings. The molecule has 15 heavy (non-hydrogen) atoms. The van der Waals surface area contributed by atoms with E-state index in [0.717, 1.165) is 17.7 Å². The van der Waals surface area contributed by atoms with Gasteiger partial charge in [-0.05, 0) is 12.3 Å². The molecule has 84 valence electrons. The van der Waals surface area contributed by atoms with Crippen molar-refractivity contribution >= 4 is 5.91 Å². The first-order valence-corrected chi connectivity index (χ1v) is 5.30. The maximum absolute atomic E-state index is 11.7. The van der Waals surface area contributed by atoms with Crippen molar-refractivity contribution < 1.29 is 4.79 Å². The quantitative estimate of drug-likeness (QED) is 0.819. The second kappa shape index (κ2) is 4.47. The molecule has 0 atom stereocenters. The number of aryl methyl sites for hydroxylation is 1. The summed E-state index contributed by atoms with van der Waals surface area (Å²) in [5, 5.41) is 7.06. The van der Waals surface area contributed by atoms with Gasteiger partial charge in [0, 0.05) is 19.7 Å². The lowest BCUT2D eigenvalue weighted by Gasteiger charge is -2.04. The molecule has 4 nitrogen and oxygen atoms in total. The summed E-state index contributed by atoms with van der Waals surface area (Å²) in [5.74, 6) is 0.290. The fraction of sp³-hybridized carbons (Fsp3) is 0.636. The second-order valence-corrected chi connectivity index (χ2v) is 3.92. The molecule has 0 spiro atoms. The number of aromatic nitrogens is 2. The fourth-order valence-corrected chi connectivity index (χ4v) is 1.80. The summed E-state index contributed by atoms with van der Waals surface area (Å²) >= 11 is 0. The Morgan fingerprint density at radius 3 is 2.53 bits per heavy atom. The van der Waals surface area contributed by atoms with Gasteiger partial charge in [0.1, 0.15) is 5.69 Å². The Kier molecular flexibility index (Phi) is 3.50. The van der Waals surface area contributed by atoms with Gasteiger partial charge in [0.05, 0.1) is 5.69 Å². The highest BCUT2D eigenvalue weighted by molar-refractivity contribution is 5.94. The van der Waals surface area contributed by atoms with E-state index in [0.29, 0.717) is 11.6 Å². The molecule has 1 N–H and O–H groups in total. The van der Waals surface area contributed by atoms with Crippen LogP contribution in [0.4, 0.5) is 0 Å². The Balaban J connectivity index is 3.31. The maximum atomic E-state index is 11.7. The first kappa shape index (κ1) is 11.8. The molecule has 1 heterocycles. The maximum Gasteiger partial charge on any atom is 0.269 e. The first-order chi connectivity index (χ1) is 7.02. The predicted molar refractivity (Wildman–Crippen MR) is 60.1 cm³/mol. The SMILES string of the molecule is CCc1c(C(C)C)nn(C)c1C(=O)NC. The third-order valence-corrected chi connectivity index (χ3v) is 2.52. The number of amides is 1. The van der Waals surface area contributed by atoms with Crippen LogP contribution < -0.4 is 5.32 Å². The number of rotatable bonds is 3. The van der Waals surface area contributed by atoms with Gasteiger partial charge in [-0.3, -0.25) is 9.48 Å². The zero-order valence-corrected chi connectivity index (χ0v) is 10.1. The number of nitrogens with zero attached hydrogens (tertiary/aromatic N) is 2. The van der Waals surface area contributed by atoms with Crippen molar-refractivity contribution in [3.8, 4) is 0 Å². The number of hydrogen-bond acceptors (Lipinski definition) is 2. The van der Waals surface area contributed by atoms with Crippen LogP contribution in [0.1, 0.15) is 48.4 Å². The minimum absolute atomic E-state index is 0.0613. The smallest absolute Gasteiger partial charge is 0.269 e. The molecule has 0 radical (unpaired) electrons. The van der Waals surface area contributed by atoms with Crippen LogP contribution in [-0.2, 0) is 13.5 Å². The Bertz CT molecular complexity index is 366. The Hall–Kier alpha value is -1.32. The van der Waals surface area contributed by atoms with E-state index in [1.807, 2.05) is 7.05 Å². The zero-order chi connectivity index (χ0) is 11.6. The van der Waals surface area contributed by atoms with Crippen LogP contribution in [-0.4, -0.2) is 22.7 Å². The van der Waals surface area contributed by atoms with Crippen LogP contribution in [0.15, 0.2) is 0 Å². The summed E-state index contributed by atoms with van der Waals surface area (Å²) in [6.45, 7) is 6.24. The summed E-state index contributed by atoms with van der Waals surface area (Å²) in [6, 6.07) is 0. The van der Waals surface area contributed by atoms with Crippen molar-refractivity contribution in [1.82, 2.24) is 15.1 Å². The highest BCUT2D eigenvalue weighted by atomic mass is 16.1. The molecule has 0 aliphatic carbocycles. The van der Waals surface area contributed by atoms with Crippen molar-refractivity contribution in [3.63, 3.8) is 0 Å². The second-order valence-electron chi connectivity index (χ2n) is 3.92. The molecule has 0 unspecified atom stereocenters. The molecule has 0 bridgehead atoms. The Morgan fingerprint density at radius 2 is 2.13 bits per heavy atom. The summed E-state index contributed by atoms with van der Waals surface area (Å²) in [6.07, 6.45) is 0.837. The molecule has 0 saturated heterocycles. The van der Waals surface area contributed by atoms with E-state index in [2.05, 4.69) is 31.2 Å². The van der Waals surface area contributed by atoms with Gasteiger partial charge in [-0.15, -0.1) is 0 Å². The van der Waals surface area contributed by atoms with Crippen molar-refractivity contribution in [2.75, 3.05) is 7.05 Å². The van der Waals surface area contributed by atoms with Gasteiger partial charge >= 0.3 is 0 Å². The van der Waals surface area contributed by atoms with E-state index in [4.69, 9.17) is 0 Å². The van der Waals surface area contributed by atoms with Crippen molar-refractivity contribution in [2.24, 2.45) is 7.05 Å². The summed E-state index contributed by atoms with van der Waals surface area (Å²) < 4.78 is 1.67. The van der Waals surface area contributed by atoms with E-state index in [1.54, 1.807) is 11.7 Å². The van der Waals surface area contributed by atoms with Crippen LogP contribution in [0, 0.1) is 0 Å². The molecule has 1 aromatic rings. The van der Waals surface area contributed by atoms with Gasteiger partial charge in [0.25, 0.3) is 5.91 Å². The van der Waals surface area contributed by atoms with Crippen LogP contribution in [0.5, 0.6) is 0 Å². The standard InChI is InChI=1S/C11H19N3O/c1-6-8-9(7(2)3)13-14(5)10(8)11(15)12-4/h7H,6H2,1-5H3,(H,12,15).